The van der Waals surface area contributed by atoms with Crippen LogP contribution in [0.3, 0.4) is 0 Å². The summed E-state index contributed by atoms with van der Waals surface area (Å²) < 4.78 is 14.7. The highest BCUT2D eigenvalue weighted by Gasteiger charge is 2.10. The third kappa shape index (κ3) is 4.10. The van der Waals surface area contributed by atoms with Gasteiger partial charge < -0.3 is 5.73 Å². The van der Waals surface area contributed by atoms with Crippen LogP contribution in [0.15, 0.2) is 35.6 Å². The van der Waals surface area contributed by atoms with Crippen molar-refractivity contribution in [2.75, 3.05) is 0 Å². The SMILES string of the molecule is N#CCCn1cc(/C=N\NC(N)=S)c(-c2ccc(F)cc2)n1. The van der Waals surface area contributed by atoms with Gasteiger partial charge in [-0.2, -0.15) is 15.5 Å². The van der Waals surface area contributed by atoms with Gasteiger partial charge in [0.2, 0.25) is 0 Å². The number of nitrogens with one attached hydrogen (secondary N) is 1. The van der Waals surface area contributed by atoms with Crippen LogP contribution in [0.25, 0.3) is 11.3 Å². The molecule has 0 aliphatic rings. The van der Waals surface area contributed by atoms with E-state index in [1.807, 2.05) is 0 Å². The molecule has 0 atom stereocenters. The lowest BCUT2D eigenvalue weighted by Crippen LogP contribution is -2.24. The number of halogens is 1. The third-order valence-corrected chi connectivity index (χ3v) is 2.83. The molecule has 2 rings (SSSR count). The molecule has 0 saturated heterocycles. The lowest BCUT2D eigenvalue weighted by molar-refractivity contribution is 0.626. The third-order valence-electron chi connectivity index (χ3n) is 2.74. The molecule has 1 aromatic heterocycles. The zero-order valence-electron chi connectivity index (χ0n) is 11.5. The summed E-state index contributed by atoms with van der Waals surface area (Å²) in [5.41, 5.74) is 9.84. The number of nitriles is 1. The molecule has 0 radical (unpaired) electrons. The van der Waals surface area contributed by atoms with Crippen molar-refractivity contribution >= 4 is 23.5 Å². The van der Waals surface area contributed by atoms with E-state index in [1.165, 1.54) is 18.3 Å². The van der Waals surface area contributed by atoms with E-state index in [0.29, 0.717) is 24.2 Å². The van der Waals surface area contributed by atoms with Crippen molar-refractivity contribution in [1.82, 2.24) is 15.2 Å². The fraction of sp³-hybridized carbons (Fsp3) is 0.143. The quantitative estimate of drug-likeness (QED) is 0.498. The molecule has 0 aliphatic heterocycles. The molecule has 0 fully saturated rings. The average molecular weight is 316 g/mol. The van der Waals surface area contributed by atoms with Gasteiger partial charge in [0.15, 0.2) is 5.11 Å². The molecular weight excluding hydrogens is 303 g/mol. The van der Waals surface area contributed by atoms with Crippen LogP contribution >= 0.6 is 12.2 Å². The lowest BCUT2D eigenvalue weighted by Gasteiger charge is -1.99. The topological polar surface area (TPSA) is 92.0 Å². The highest BCUT2D eigenvalue weighted by molar-refractivity contribution is 7.80. The number of nitrogens with zero attached hydrogens (tertiary/aromatic N) is 4. The summed E-state index contributed by atoms with van der Waals surface area (Å²) >= 11 is 4.67. The molecule has 0 aliphatic carbocycles. The Balaban J connectivity index is 2.34. The van der Waals surface area contributed by atoms with Crippen molar-refractivity contribution in [1.29, 1.82) is 5.26 Å². The Hall–Kier alpha value is -2.79. The van der Waals surface area contributed by atoms with Crippen LogP contribution in [-0.2, 0) is 6.54 Å². The molecular formula is C14H13FN6S. The zero-order chi connectivity index (χ0) is 15.9. The van der Waals surface area contributed by atoms with Gasteiger partial charge in [0.25, 0.3) is 0 Å². The van der Waals surface area contributed by atoms with Gasteiger partial charge in [-0.3, -0.25) is 10.1 Å². The second-order valence-corrected chi connectivity index (χ2v) is 4.79. The van der Waals surface area contributed by atoms with E-state index in [0.717, 1.165) is 5.56 Å². The van der Waals surface area contributed by atoms with Gasteiger partial charge in [-0.05, 0) is 36.5 Å². The molecule has 2 aromatic rings. The predicted molar refractivity (Wildman–Crippen MR) is 85.4 cm³/mol. The molecule has 1 heterocycles. The highest BCUT2D eigenvalue weighted by atomic mass is 32.1. The molecule has 112 valence electrons. The van der Waals surface area contributed by atoms with Crippen LogP contribution in [0, 0.1) is 17.1 Å². The van der Waals surface area contributed by atoms with E-state index in [9.17, 15) is 4.39 Å². The van der Waals surface area contributed by atoms with Crippen LogP contribution in [0.2, 0.25) is 0 Å². The number of hydrogen-bond acceptors (Lipinski definition) is 4. The number of nitrogens with two attached hydrogens (primary N) is 1. The Bertz CT molecular complexity index is 729. The fourth-order valence-electron chi connectivity index (χ4n) is 1.81. The number of aryl methyl sites for hydroxylation is 1. The number of hydrazone groups is 1. The van der Waals surface area contributed by atoms with Crippen LogP contribution in [0.1, 0.15) is 12.0 Å². The molecule has 0 amide bonds. The minimum atomic E-state index is -0.321. The first-order chi connectivity index (χ1) is 10.6. The van der Waals surface area contributed by atoms with Gasteiger partial charge in [-0.25, -0.2) is 4.39 Å². The van der Waals surface area contributed by atoms with Crippen LogP contribution in [0.4, 0.5) is 4.39 Å². The Morgan fingerprint density at radius 2 is 2.23 bits per heavy atom. The summed E-state index contributed by atoms with van der Waals surface area (Å²) in [4.78, 5) is 0. The lowest BCUT2D eigenvalue weighted by atomic mass is 10.1. The second-order valence-electron chi connectivity index (χ2n) is 4.35. The van der Waals surface area contributed by atoms with Crippen LogP contribution in [-0.4, -0.2) is 21.1 Å². The van der Waals surface area contributed by atoms with E-state index >= 15 is 0 Å². The summed E-state index contributed by atoms with van der Waals surface area (Å²) in [6, 6.07) is 8.04. The molecule has 6 nitrogen and oxygen atoms in total. The van der Waals surface area contributed by atoms with E-state index in [4.69, 9.17) is 11.0 Å². The monoisotopic (exact) mass is 316 g/mol. The number of rotatable bonds is 5. The van der Waals surface area contributed by atoms with Crippen molar-refractivity contribution in [3.63, 3.8) is 0 Å². The molecule has 22 heavy (non-hydrogen) atoms. The molecule has 3 N–H and O–H groups in total. The first kappa shape index (κ1) is 15.6. The number of thiocarbonyl (C=S) groups is 1. The molecule has 0 spiro atoms. The van der Waals surface area contributed by atoms with Gasteiger partial charge in [-0.1, -0.05) is 0 Å². The maximum Gasteiger partial charge on any atom is 0.184 e. The van der Waals surface area contributed by atoms with Crippen LogP contribution in [0.5, 0.6) is 0 Å². The summed E-state index contributed by atoms with van der Waals surface area (Å²) in [7, 11) is 0. The second kappa shape index (κ2) is 7.28. The minimum Gasteiger partial charge on any atom is -0.375 e. The molecule has 1 aromatic carbocycles. The number of benzene rings is 1. The van der Waals surface area contributed by atoms with Crippen molar-refractivity contribution in [3.8, 4) is 17.3 Å². The van der Waals surface area contributed by atoms with E-state index in [2.05, 4.69) is 33.9 Å². The first-order valence-electron chi connectivity index (χ1n) is 6.39. The Kier molecular flexibility index (Phi) is 5.16. The molecule has 0 bridgehead atoms. The van der Waals surface area contributed by atoms with E-state index in [1.54, 1.807) is 23.0 Å². The van der Waals surface area contributed by atoms with Gasteiger partial charge in [0, 0.05) is 17.3 Å². The summed E-state index contributed by atoms with van der Waals surface area (Å²) in [6.45, 7) is 0.460. The standard InChI is InChI=1S/C14H13FN6S/c15-12-4-2-10(3-5-12)13-11(8-18-19-14(17)22)9-21(20-13)7-1-6-16/h2-5,8-9H,1,7H2,(H3,17,19,22)/b18-8-. The zero-order valence-corrected chi connectivity index (χ0v) is 12.3. The summed E-state index contributed by atoms with van der Waals surface area (Å²) in [5, 5.41) is 17.0. The normalized spacial score (nSPS) is 10.5. The Labute approximate surface area is 132 Å². The van der Waals surface area contributed by atoms with Gasteiger partial charge in [0.05, 0.1) is 25.2 Å². The minimum absolute atomic E-state index is 0.0523. The highest BCUT2D eigenvalue weighted by Crippen LogP contribution is 2.21. The van der Waals surface area contributed by atoms with E-state index < -0.39 is 0 Å². The van der Waals surface area contributed by atoms with Crippen molar-refractivity contribution in [2.45, 2.75) is 13.0 Å². The maximum absolute atomic E-state index is 13.0. The smallest absolute Gasteiger partial charge is 0.184 e. The van der Waals surface area contributed by atoms with Crippen molar-refractivity contribution < 1.29 is 4.39 Å². The largest absolute Gasteiger partial charge is 0.375 e. The number of hydrogen-bond donors (Lipinski definition) is 2. The van der Waals surface area contributed by atoms with Crippen molar-refractivity contribution in [2.24, 2.45) is 10.8 Å². The maximum atomic E-state index is 13.0. The van der Waals surface area contributed by atoms with Gasteiger partial charge in [-0.15, -0.1) is 0 Å². The number of aromatic nitrogens is 2. The Morgan fingerprint density at radius 3 is 2.86 bits per heavy atom. The average Bonchev–Trinajstić information content (AvgIpc) is 2.89. The molecule has 0 unspecified atom stereocenters. The Morgan fingerprint density at radius 1 is 1.50 bits per heavy atom. The van der Waals surface area contributed by atoms with E-state index in [-0.39, 0.29) is 10.9 Å². The molecule has 8 heteroatoms. The van der Waals surface area contributed by atoms with Crippen molar-refractivity contribution in [3.05, 3.63) is 41.8 Å². The summed E-state index contributed by atoms with van der Waals surface area (Å²) in [5.74, 6) is -0.321. The van der Waals surface area contributed by atoms with Gasteiger partial charge >= 0.3 is 0 Å². The van der Waals surface area contributed by atoms with Gasteiger partial charge in [0.1, 0.15) is 11.5 Å². The molecule has 0 saturated carbocycles. The van der Waals surface area contributed by atoms with Crippen LogP contribution < -0.4 is 11.2 Å². The first-order valence-corrected chi connectivity index (χ1v) is 6.80. The predicted octanol–water partition coefficient (Wildman–Crippen LogP) is 1.77. The summed E-state index contributed by atoms with van der Waals surface area (Å²) in [6.07, 6.45) is 3.61. The fourth-order valence-corrected chi connectivity index (χ4v) is 1.86.